The van der Waals surface area contributed by atoms with Gasteiger partial charge in [-0.05, 0) is 24.3 Å². The van der Waals surface area contributed by atoms with E-state index in [4.69, 9.17) is 4.98 Å². The summed E-state index contributed by atoms with van der Waals surface area (Å²) in [7, 11) is 0. The molecule has 3 heterocycles. The lowest BCUT2D eigenvalue weighted by Crippen LogP contribution is -2.49. The Kier molecular flexibility index (Phi) is 4.38. The van der Waals surface area contributed by atoms with Crippen LogP contribution in [0.25, 0.3) is 5.52 Å². The lowest BCUT2D eigenvalue weighted by Gasteiger charge is -2.35. The quantitative estimate of drug-likeness (QED) is 0.699. The summed E-state index contributed by atoms with van der Waals surface area (Å²) in [6, 6.07) is 16.3. The molecule has 0 aliphatic carbocycles. The minimum atomic E-state index is -0.130. The van der Waals surface area contributed by atoms with Crippen molar-refractivity contribution >= 4 is 17.1 Å². The van der Waals surface area contributed by atoms with Crippen molar-refractivity contribution in [3.8, 4) is 0 Å². The van der Waals surface area contributed by atoms with Crippen LogP contribution < -0.4 is 4.90 Å². The molecule has 1 fully saturated rings. The molecule has 1 aromatic carbocycles. The van der Waals surface area contributed by atoms with Crippen molar-refractivity contribution < 1.29 is 4.79 Å². The summed E-state index contributed by atoms with van der Waals surface area (Å²) in [5, 5.41) is 0. The molecule has 0 radical (unpaired) electrons. The van der Waals surface area contributed by atoms with Crippen LogP contribution in [0.3, 0.4) is 0 Å². The summed E-state index contributed by atoms with van der Waals surface area (Å²) >= 11 is 0. The lowest BCUT2D eigenvalue weighted by atomic mass is 9.96. The van der Waals surface area contributed by atoms with Gasteiger partial charge in [0.15, 0.2) is 5.69 Å². The minimum absolute atomic E-state index is 0.0295. The minimum Gasteiger partial charge on any atom is -0.368 e. The number of amides is 1. The normalized spacial score (nSPS) is 15.4. The SMILES string of the molecule is CC(C)(C)c1nc(C(=O)N2CCN(c3ccccc3)CC2)c2ccccn12. The maximum absolute atomic E-state index is 13.2. The van der Waals surface area contributed by atoms with E-state index >= 15 is 0 Å². The van der Waals surface area contributed by atoms with Gasteiger partial charge in [0, 0.05) is 43.5 Å². The van der Waals surface area contributed by atoms with Gasteiger partial charge in [0.25, 0.3) is 5.91 Å². The molecule has 0 unspecified atom stereocenters. The number of imidazole rings is 1. The number of nitrogens with zero attached hydrogens (tertiary/aromatic N) is 4. The Hall–Kier alpha value is -2.82. The maximum Gasteiger partial charge on any atom is 0.274 e. The Morgan fingerprint density at radius 2 is 1.59 bits per heavy atom. The van der Waals surface area contributed by atoms with Gasteiger partial charge in [0.05, 0.1) is 5.52 Å². The zero-order valence-corrected chi connectivity index (χ0v) is 16.2. The number of anilines is 1. The number of benzene rings is 1. The third kappa shape index (κ3) is 3.29. The average Bonchev–Trinajstić information content (AvgIpc) is 3.08. The van der Waals surface area contributed by atoms with Crippen LogP contribution in [0.15, 0.2) is 54.7 Å². The molecular weight excluding hydrogens is 336 g/mol. The molecule has 1 amide bonds. The molecule has 2 aromatic heterocycles. The first kappa shape index (κ1) is 17.6. The molecular formula is C22H26N4O. The summed E-state index contributed by atoms with van der Waals surface area (Å²) in [6.45, 7) is 9.49. The molecule has 0 N–H and O–H groups in total. The van der Waals surface area contributed by atoms with Crippen molar-refractivity contribution in [1.29, 1.82) is 0 Å². The van der Waals surface area contributed by atoms with E-state index in [0.717, 1.165) is 24.4 Å². The van der Waals surface area contributed by atoms with Crippen LogP contribution in [0.1, 0.15) is 37.1 Å². The summed E-state index contributed by atoms with van der Waals surface area (Å²) in [5.74, 6) is 0.950. The second-order valence-electron chi connectivity index (χ2n) is 8.10. The fourth-order valence-electron chi connectivity index (χ4n) is 3.68. The summed E-state index contributed by atoms with van der Waals surface area (Å²) < 4.78 is 2.05. The van der Waals surface area contributed by atoms with Gasteiger partial charge in [-0.1, -0.05) is 45.0 Å². The molecule has 1 aliphatic rings. The molecule has 27 heavy (non-hydrogen) atoms. The highest BCUT2D eigenvalue weighted by Crippen LogP contribution is 2.26. The van der Waals surface area contributed by atoms with E-state index in [1.54, 1.807) is 0 Å². The van der Waals surface area contributed by atoms with E-state index < -0.39 is 0 Å². The highest BCUT2D eigenvalue weighted by atomic mass is 16.2. The predicted molar refractivity (Wildman–Crippen MR) is 108 cm³/mol. The van der Waals surface area contributed by atoms with Crippen molar-refractivity contribution in [3.63, 3.8) is 0 Å². The van der Waals surface area contributed by atoms with Gasteiger partial charge >= 0.3 is 0 Å². The number of pyridine rings is 1. The van der Waals surface area contributed by atoms with Crippen molar-refractivity contribution in [2.45, 2.75) is 26.2 Å². The van der Waals surface area contributed by atoms with Crippen LogP contribution in [-0.4, -0.2) is 46.4 Å². The van der Waals surface area contributed by atoms with Gasteiger partial charge in [-0.25, -0.2) is 4.98 Å². The highest BCUT2D eigenvalue weighted by molar-refractivity contribution is 5.99. The van der Waals surface area contributed by atoms with E-state index in [0.29, 0.717) is 18.8 Å². The third-order valence-electron chi connectivity index (χ3n) is 5.11. The number of piperazine rings is 1. The molecule has 3 aromatic rings. The summed E-state index contributed by atoms with van der Waals surface area (Å²) in [6.07, 6.45) is 1.99. The average molecular weight is 362 g/mol. The zero-order valence-electron chi connectivity index (χ0n) is 16.2. The molecule has 0 atom stereocenters. The topological polar surface area (TPSA) is 40.9 Å². The van der Waals surface area contributed by atoms with Crippen molar-refractivity contribution in [3.05, 3.63) is 66.2 Å². The van der Waals surface area contributed by atoms with E-state index in [1.807, 2.05) is 39.8 Å². The maximum atomic E-state index is 13.2. The Bertz CT molecular complexity index is 947. The van der Waals surface area contributed by atoms with Crippen LogP contribution in [0, 0.1) is 0 Å². The first-order valence-electron chi connectivity index (χ1n) is 9.52. The van der Waals surface area contributed by atoms with E-state index in [-0.39, 0.29) is 11.3 Å². The number of fused-ring (bicyclic) bond motifs is 1. The third-order valence-corrected chi connectivity index (χ3v) is 5.11. The Morgan fingerprint density at radius 1 is 0.926 bits per heavy atom. The molecule has 5 heteroatoms. The standard InChI is InChI=1S/C22H26N4O/c1-22(2,3)21-23-19(18-11-7-8-12-26(18)21)20(27)25-15-13-24(14-16-25)17-9-5-4-6-10-17/h4-12H,13-16H2,1-3H3. The fourth-order valence-corrected chi connectivity index (χ4v) is 3.68. The van der Waals surface area contributed by atoms with Gasteiger partial charge in [-0.15, -0.1) is 0 Å². The van der Waals surface area contributed by atoms with Gasteiger partial charge in [-0.3, -0.25) is 4.79 Å². The van der Waals surface area contributed by atoms with Crippen LogP contribution >= 0.6 is 0 Å². The number of rotatable bonds is 2. The molecule has 1 saturated heterocycles. The monoisotopic (exact) mass is 362 g/mol. The number of aromatic nitrogens is 2. The first-order valence-corrected chi connectivity index (χ1v) is 9.52. The number of hydrogen-bond donors (Lipinski definition) is 0. The Morgan fingerprint density at radius 3 is 2.26 bits per heavy atom. The molecule has 140 valence electrons. The Balaban J connectivity index is 1.58. The van der Waals surface area contributed by atoms with Crippen LogP contribution in [-0.2, 0) is 5.41 Å². The van der Waals surface area contributed by atoms with Gasteiger partial charge in [0.1, 0.15) is 5.82 Å². The molecule has 0 spiro atoms. The van der Waals surface area contributed by atoms with Crippen molar-refractivity contribution in [2.24, 2.45) is 0 Å². The van der Waals surface area contributed by atoms with Crippen LogP contribution in [0.2, 0.25) is 0 Å². The number of carbonyl (C=O) groups is 1. The molecule has 5 nitrogen and oxygen atoms in total. The van der Waals surface area contributed by atoms with E-state index in [9.17, 15) is 4.79 Å². The fraction of sp³-hybridized carbons (Fsp3) is 0.364. The van der Waals surface area contributed by atoms with Gasteiger partial charge in [-0.2, -0.15) is 0 Å². The molecule has 4 rings (SSSR count). The number of hydrogen-bond acceptors (Lipinski definition) is 3. The lowest BCUT2D eigenvalue weighted by molar-refractivity contribution is 0.0743. The number of carbonyl (C=O) groups excluding carboxylic acids is 1. The van der Waals surface area contributed by atoms with Crippen molar-refractivity contribution in [1.82, 2.24) is 14.3 Å². The van der Waals surface area contributed by atoms with Crippen LogP contribution in [0.5, 0.6) is 0 Å². The second-order valence-corrected chi connectivity index (χ2v) is 8.10. The highest BCUT2D eigenvalue weighted by Gasteiger charge is 2.29. The first-order chi connectivity index (χ1) is 12.9. The number of para-hydroxylation sites is 1. The molecule has 0 saturated carbocycles. The molecule has 0 bridgehead atoms. The summed E-state index contributed by atoms with van der Waals surface area (Å²) in [4.78, 5) is 22.3. The van der Waals surface area contributed by atoms with Crippen LogP contribution in [0.4, 0.5) is 5.69 Å². The summed E-state index contributed by atoms with van der Waals surface area (Å²) in [5.41, 5.74) is 2.54. The zero-order chi connectivity index (χ0) is 19.0. The smallest absolute Gasteiger partial charge is 0.274 e. The van der Waals surface area contributed by atoms with Crippen molar-refractivity contribution in [2.75, 3.05) is 31.1 Å². The molecule has 1 aliphatic heterocycles. The Labute approximate surface area is 160 Å². The van der Waals surface area contributed by atoms with Gasteiger partial charge < -0.3 is 14.2 Å². The second kappa shape index (κ2) is 6.72. The predicted octanol–water partition coefficient (Wildman–Crippen LogP) is 3.59. The van der Waals surface area contributed by atoms with E-state index in [1.165, 1.54) is 5.69 Å². The van der Waals surface area contributed by atoms with Gasteiger partial charge in [0.2, 0.25) is 0 Å². The van der Waals surface area contributed by atoms with E-state index in [2.05, 4.69) is 49.9 Å². The largest absolute Gasteiger partial charge is 0.368 e.